The minimum absolute atomic E-state index is 0.0353. The van der Waals surface area contributed by atoms with Gasteiger partial charge in [0.2, 0.25) is 0 Å². The number of rotatable bonds is 3. The number of aromatic nitrogens is 3. The van der Waals surface area contributed by atoms with Gasteiger partial charge in [-0.3, -0.25) is 0 Å². The molecule has 1 aromatic carbocycles. The summed E-state index contributed by atoms with van der Waals surface area (Å²) < 4.78 is 0. The van der Waals surface area contributed by atoms with Crippen LogP contribution in [-0.4, -0.2) is 20.1 Å². The standard InChI is InChI=1S/C21H28ClN3O/c1-7-13(2)15-11-21(6,20(3,4)5)12-18(19(15)26)25-23-16-9-8-14(22)10-17(16)24-25/h8-10,12-13,26H,7,11H2,1-6H3. The van der Waals surface area contributed by atoms with Crippen LogP contribution in [-0.2, 0) is 0 Å². The minimum Gasteiger partial charge on any atom is -0.506 e. The topological polar surface area (TPSA) is 50.9 Å². The van der Waals surface area contributed by atoms with E-state index in [0.29, 0.717) is 22.4 Å². The molecule has 1 N–H and O–H groups in total. The largest absolute Gasteiger partial charge is 0.506 e. The molecule has 1 aliphatic carbocycles. The quantitative estimate of drug-likeness (QED) is 0.692. The number of halogens is 1. The molecule has 4 nitrogen and oxygen atoms in total. The van der Waals surface area contributed by atoms with E-state index in [4.69, 9.17) is 11.6 Å². The van der Waals surface area contributed by atoms with Crippen molar-refractivity contribution in [1.82, 2.24) is 15.0 Å². The molecule has 0 bridgehead atoms. The lowest BCUT2D eigenvalue weighted by molar-refractivity contribution is 0.157. The van der Waals surface area contributed by atoms with Gasteiger partial charge in [-0.05, 0) is 59.4 Å². The van der Waals surface area contributed by atoms with Gasteiger partial charge in [-0.2, -0.15) is 0 Å². The molecule has 140 valence electrons. The van der Waals surface area contributed by atoms with Crippen LogP contribution >= 0.6 is 11.6 Å². The van der Waals surface area contributed by atoms with Crippen LogP contribution in [0.2, 0.25) is 5.02 Å². The first-order valence-corrected chi connectivity index (χ1v) is 9.62. The Balaban J connectivity index is 2.20. The number of nitrogens with zero attached hydrogens (tertiary/aromatic N) is 3. The molecule has 5 heteroatoms. The minimum atomic E-state index is -0.106. The van der Waals surface area contributed by atoms with Crippen LogP contribution in [0, 0.1) is 16.7 Å². The number of allylic oxidation sites excluding steroid dienone is 3. The van der Waals surface area contributed by atoms with Crippen molar-refractivity contribution >= 4 is 28.3 Å². The second-order valence-electron chi connectivity index (χ2n) is 8.68. The van der Waals surface area contributed by atoms with E-state index < -0.39 is 0 Å². The summed E-state index contributed by atoms with van der Waals surface area (Å²) in [5.74, 6) is 0.618. The van der Waals surface area contributed by atoms with E-state index in [1.807, 2.05) is 6.07 Å². The molecule has 1 heterocycles. The van der Waals surface area contributed by atoms with Crippen molar-refractivity contribution < 1.29 is 5.11 Å². The molecule has 1 aromatic heterocycles. The van der Waals surface area contributed by atoms with Crippen LogP contribution in [0.25, 0.3) is 16.7 Å². The zero-order valence-corrected chi connectivity index (χ0v) is 17.2. The highest BCUT2D eigenvalue weighted by Crippen LogP contribution is 2.51. The van der Waals surface area contributed by atoms with Gasteiger partial charge in [-0.15, -0.1) is 15.0 Å². The number of benzene rings is 1. The molecular formula is C21H28ClN3O. The Kier molecular flexibility index (Phi) is 4.68. The Labute approximate surface area is 160 Å². The van der Waals surface area contributed by atoms with Crippen LogP contribution in [0.5, 0.6) is 0 Å². The van der Waals surface area contributed by atoms with Gasteiger partial charge in [0.15, 0.2) is 0 Å². The Morgan fingerprint density at radius 1 is 1.27 bits per heavy atom. The fraction of sp³-hybridized carbons (Fsp3) is 0.524. The van der Waals surface area contributed by atoms with E-state index in [1.54, 1.807) is 16.9 Å². The first-order chi connectivity index (χ1) is 12.1. The molecule has 0 spiro atoms. The Morgan fingerprint density at radius 2 is 1.92 bits per heavy atom. The average molecular weight is 374 g/mol. The molecule has 0 amide bonds. The van der Waals surface area contributed by atoms with Gasteiger partial charge in [-0.1, -0.05) is 53.1 Å². The zero-order valence-electron chi connectivity index (χ0n) is 16.5. The van der Waals surface area contributed by atoms with Crippen molar-refractivity contribution in [3.63, 3.8) is 0 Å². The first kappa shape index (κ1) is 19.0. The fourth-order valence-electron chi connectivity index (χ4n) is 3.35. The average Bonchev–Trinajstić information content (AvgIpc) is 2.97. The lowest BCUT2D eigenvalue weighted by Gasteiger charge is -2.44. The summed E-state index contributed by atoms with van der Waals surface area (Å²) in [6.45, 7) is 13.3. The molecule has 26 heavy (non-hydrogen) atoms. The Morgan fingerprint density at radius 3 is 2.54 bits per heavy atom. The van der Waals surface area contributed by atoms with Crippen LogP contribution in [0.4, 0.5) is 0 Å². The van der Waals surface area contributed by atoms with E-state index in [-0.39, 0.29) is 10.8 Å². The zero-order chi connectivity index (χ0) is 19.3. The monoisotopic (exact) mass is 373 g/mol. The van der Waals surface area contributed by atoms with Crippen molar-refractivity contribution in [1.29, 1.82) is 0 Å². The SMILES string of the molecule is CCC(C)C1=C(O)C(n2nc3ccc(Cl)cc3n2)=CC(C)(C(C)(C)C)C1. The molecule has 2 atom stereocenters. The van der Waals surface area contributed by atoms with Gasteiger partial charge in [0.1, 0.15) is 22.5 Å². The number of aliphatic hydroxyl groups excluding tert-OH is 1. The second-order valence-corrected chi connectivity index (χ2v) is 9.12. The molecule has 0 radical (unpaired) electrons. The van der Waals surface area contributed by atoms with E-state index >= 15 is 0 Å². The fourth-order valence-corrected chi connectivity index (χ4v) is 3.51. The van der Waals surface area contributed by atoms with Gasteiger partial charge in [0.05, 0.1) is 0 Å². The van der Waals surface area contributed by atoms with E-state index in [9.17, 15) is 5.11 Å². The lowest BCUT2D eigenvalue weighted by Crippen LogP contribution is -2.35. The predicted molar refractivity (Wildman–Crippen MR) is 108 cm³/mol. The van der Waals surface area contributed by atoms with Crippen molar-refractivity contribution in [3.8, 4) is 0 Å². The molecule has 0 aliphatic heterocycles. The maximum atomic E-state index is 11.0. The van der Waals surface area contributed by atoms with Crippen molar-refractivity contribution in [2.24, 2.45) is 16.7 Å². The van der Waals surface area contributed by atoms with E-state index in [2.05, 4.69) is 57.8 Å². The van der Waals surface area contributed by atoms with Gasteiger partial charge in [-0.25, -0.2) is 0 Å². The molecule has 0 saturated heterocycles. The lowest BCUT2D eigenvalue weighted by atomic mass is 9.61. The predicted octanol–water partition coefficient (Wildman–Crippen LogP) is 6.24. The third-order valence-corrected chi connectivity index (χ3v) is 6.27. The van der Waals surface area contributed by atoms with Gasteiger partial charge < -0.3 is 5.11 Å². The summed E-state index contributed by atoms with van der Waals surface area (Å²) in [5, 5.41) is 20.8. The molecule has 2 aromatic rings. The van der Waals surface area contributed by atoms with Crippen LogP contribution in [0.3, 0.4) is 0 Å². The van der Waals surface area contributed by atoms with Gasteiger partial charge >= 0.3 is 0 Å². The third-order valence-electron chi connectivity index (χ3n) is 6.04. The van der Waals surface area contributed by atoms with Crippen LogP contribution in [0.1, 0.15) is 54.4 Å². The van der Waals surface area contributed by atoms with Crippen molar-refractivity contribution in [3.05, 3.63) is 40.6 Å². The highest BCUT2D eigenvalue weighted by Gasteiger charge is 2.42. The highest BCUT2D eigenvalue weighted by atomic mass is 35.5. The summed E-state index contributed by atoms with van der Waals surface area (Å²) in [7, 11) is 0. The van der Waals surface area contributed by atoms with Crippen LogP contribution in [0.15, 0.2) is 35.6 Å². The molecule has 0 saturated carbocycles. The Hall–Kier alpha value is -1.81. The van der Waals surface area contributed by atoms with Crippen molar-refractivity contribution in [2.75, 3.05) is 0 Å². The maximum absolute atomic E-state index is 11.0. The molecule has 0 fully saturated rings. The molecular weight excluding hydrogens is 346 g/mol. The summed E-state index contributed by atoms with van der Waals surface area (Å²) >= 11 is 6.08. The molecule has 2 unspecified atom stereocenters. The van der Waals surface area contributed by atoms with Gasteiger partial charge in [0.25, 0.3) is 0 Å². The molecule has 1 aliphatic rings. The number of fused-ring (bicyclic) bond motifs is 1. The second kappa shape index (κ2) is 6.41. The highest BCUT2D eigenvalue weighted by molar-refractivity contribution is 6.31. The van der Waals surface area contributed by atoms with Crippen LogP contribution < -0.4 is 0 Å². The summed E-state index contributed by atoms with van der Waals surface area (Å²) in [6, 6.07) is 5.45. The third kappa shape index (κ3) is 3.16. The number of aliphatic hydroxyl groups is 1. The summed E-state index contributed by atoms with van der Waals surface area (Å²) in [6.07, 6.45) is 3.96. The van der Waals surface area contributed by atoms with E-state index in [1.165, 1.54) is 0 Å². The number of hydrogen-bond acceptors (Lipinski definition) is 3. The normalized spacial score (nSPS) is 22.7. The van der Waals surface area contributed by atoms with Crippen molar-refractivity contribution in [2.45, 2.75) is 54.4 Å². The number of hydrogen-bond donors (Lipinski definition) is 1. The Bertz CT molecular complexity index is 904. The summed E-state index contributed by atoms with van der Waals surface area (Å²) in [5.41, 5.74) is 3.16. The molecule has 3 rings (SSSR count). The van der Waals surface area contributed by atoms with E-state index in [0.717, 1.165) is 29.4 Å². The van der Waals surface area contributed by atoms with Gasteiger partial charge in [0, 0.05) is 5.02 Å². The maximum Gasteiger partial charge on any atom is 0.142 e. The smallest absolute Gasteiger partial charge is 0.142 e. The summed E-state index contributed by atoms with van der Waals surface area (Å²) in [4.78, 5) is 1.56. The first-order valence-electron chi connectivity index (χ1n) is 9.24.